The number of carboxylic acids is 1. The molecule has 266 valence electrons. The number of aliphatic carboxylic acids is 1. The maximum absolute atomic E-state index is 12.5. The van der Waals surface area contributed by atoms with Crippen LogP contribution >= 0.6 is 7.82 Å². The standard InChI is InChI=1S/C34H66NO9P/c1-3-5-7-9-11-13-14-15-16-17-19-21-23-25-27-41-28-31(29-42-45(39,40)43-30-32(35)34(37)38)44-33(36)26-24-22-20-18-12-10-8-6-4-2/h25,27,31-32H,3-24,26,28-30,35H2,1-2H3,(H,37,38)(H,39,40)/b27-25-/t31-,32+/m1/s1. The number of carbonyl (C=O) groups excluding carboxylic acids is 1. The van der Waals surface area contributed by atoms with Crippen molar-refractivity contribution >= 4 is 19.8 Å². The van der Waals surface area contributed by atoms with Gasteiger partial charge in [-0.05, 0) is 25.3 Å². The Labute approximate surface area is 273 Å². The Morgan fingerprint density at radius 2 is 1.13 bits per heavy atom. The van der Waals surface area contributed by atoms with E-state index in [2.05, 4.69) is 18.4 Å². The predicted molar refractivity (Wildman–Crippen MR) is 180 cm³/mol. The minimum Gasteiger partial charge on any atom is -0.498 e. The average molecular weight is 664 g/mol. The largest absolute Gasteiger partial charge is 0.498 e. The summed E-state index contributed by atoms with van der Waals surface area (Å²) >= 11 is 0. The van der Waals surface area contributed by atoms with Gasteiger partial charge in [-0.15, -0.1) is 0 Å². The van der Waals surface area contributed by atoms with Gasteiger partial charge in [-0.1, -0.05) is 136 Å². The Hall–Kier alpha value is -1.45. The van der Waals surface area contributed by atoms with Crippen molar-refractivity contribution in [1.29, 1.82) is 0 Å². The first kappa shape index (κ1) is 43.5. The topological polar surface area (TPSA) is 155 Å². The maximum Gasteiger partial charge on any atom is 0.472 e. The Morgan fingerprint density at radius 3 is 1.62 bits per heavy atom. The number of ether oxygens (including phenoxy) is 2. The quantitative estimate of drug-likeness (QED) is 0.0263. The van der Waals surface area contributed by atoms with Crippen molar-refractivity contribution in [2.45, 2.75) is 174 Å². The number of rotatable bonds is 34. The van der Waals surface area contributed by atoms with Crippen LogP contribution in [0, 0.1) is 0 Å². The summed E-state index contributed by atoms with van der Waals surface area (Å²) in [6.07, 6.45) is 29.3. The fourth-order valence-electron chi connectivity index (χ4n) is 4.80. The number of phosphoric ester groups is 1. The van der Waals surface area contributed by atoms with Gasteiger partial charge in [0.2, 0.25) is 0 Å². The smallest absolute Gasteiger partial charge is 0.472 e. The second-order valence-electron chi connectivity index (χ2n) is 12.1. The molecule has 0 aromatic heterocycles. The predicted octanol–water partition coefficient (Wildman–Crippen LogP) is 8.99. The fraction of sp³-hybridized carbons (Fsp3) is 0.882. The number of carbonyl (C=O) groups is 2. The number of hydrogen-bond acceptors (Lipinski definition) is 8. The second-order valence-corrected chi connectivity index (χ2v) is 13.5. The van der Waals surface area contributed by atoms with E-state index >= 15 is 0 Å². The van der Waals surface area contributed by atoms with E-state index in [1.54, 1.807) is 6.26 Å². The molecule has 45 heavy (non-hydrogen) atoms. The number of phosphoric acid groups is 1. The van der Waals surface area contributed by atoms with E-state index in [-0.39, 0.29) is 13.0 Å². The van der Waals surface area contributed by atoms with Crippen LogP contribution in [-0.2, 0) is 32.7 Å². The molecule has 0 rings (SSSR count). The fourth-order valence-corrected chi connectivity index (χ4v) is 5.58. The average Bonchev–Trinajstić information content (AvgIpc) is 3.01. The number of hydrogen-bond donors (Lipinski definition) is 3. The first-order chi connectivity index (χ1) is 21.7. The normalized spacial score (nSPS) is 14.3. The summed E-state index contributed by atoms with van der Waals surface area (Å²) < 4.78 is 32.8. The van der Waals surface area contributed by atoms with Gasteiger partial charge in [0.05, 0.1) is 19.5 Å². The van der Waals surface area contributed by atoms with Gasteiger partial charge in [0.15, 0.2) is 6.10 Å². The van der Waals surface area contributed by atoms with Gasteiger partial charge in [-0.3, -0.25) is 18.6 Å². The zero-order valence-corrected chi connectivity index (χ0v) is 29.4. The third-order valence-electron chi connectivity index (χ3n) is 7.64. The van der Waals surface area contributed by atoms with Gasteiger partial charge in [0.25, 0.3) is 0 Å². The van der Waals surface area contributed by atoms with E-state index in [0.717, 1.165) is 32.1 Å². The van der Waals surface area contributed by atoms with Gasteiger partial charge in [0.1, 0.15) is 12.6 Å². The third-order valence-corrected chi connectivity index (χ3v) is 8.59. The molecule has 0 aromatic carbocycles. The van der Waals surface area contributed by atoms with Crippen LogP contribution in [0.25, 0.3) is 0 Å². The Kier molecular flexibility index (Phi) is 30.2. The molecule has 0 radical (unpaired) electrons. The van der Waals surface area contributed by atoms with Crippen LogP contribution in [0.2, 0.25) is 0 Å². The molecular formula is C34H66NO9P. The highest BCUT2D eigenvalue weighted by Gasteiger charge is 2.27. The van der Waals surface area contributed by atoms with E-state index in [1.165, 1.54) is 103 Å². The molecule has 0 fully saturated rings. The second kappa shape index (κ2) is 31.2. The molecule has 0 bridgehead atoms. The summed E-state index contributed by atoms with van der Waals surface area (Å²) in [7, 11) is -4.61. The van der Waals surface area contributed by atoms with E-state index in [1.807, 2.05) is 6.08 Å². The molecule has 1 unspecified atom stereocenters. The first-order valence-corrected chi connectivity index (χ1v) is 19.3. The molecule has 0 aromatic rings. The monoisotopic (exact) mass is 663 g/mol. The number of carboxylic acid groups (broad SMARTS) is 1. The van der Waals surface area contributed by atoms with Crippen LogP contribution in [-0.4, -0.2) is 53.9 Å². The lowest BCUT2D eigenvalue weighted by atomic mass is 10.0. The lowest BCUT2D eigenvalue weighted by Crippen LogP contribution is -2.34. The maximum atomic E-state index is 12.5. The molecule has 0 aliphatic rings. The van der Waals surface area contributed by atoms with Crippen LogP contribution < -0.4 is 5.73 Å². The van der Waals surface area contributed by atoms with Gasteiger partial charge in [-0.2, -0.15) is 0 Å². The summed E-state index contributed by atoms with van der Waals surface area (Å²) in [5.41, 5.74) is 5.31. The van der Waals surface area contributed by atoms with Crippen molar-refractivity contribution in [1.82, 2.24) is 0 Å². The summed E-state index contributed by atoms with van der Waals surface area (Å²) in [5.74, 6) is -1.81. The molecular weight excluding hydrogens is 597 g/mol. The zero-order chi connectivity index (χ0) is 33.4. The minimum atomic E-state index is -4.61. The highest BCUT2D eigenvalue weighted by molar-refractivity contribution is 7.47. The van der Waals surface area contributed by atoms with E-state index in [0.29, 0.717) is 6.42 Å². The van der Waals surface area contributed by atoms with E-state index in [4.69, 9.17) is 24.8 Å². The number of unbranched alkanes of at least 4 members (excludes halogenated alkanes) is 20. The third kappa shape index (κ3) is 30.9. The van der Waals surface area contributed by atoms with Crippen LogP contribution in [0.4, 0.5) is 0 Å². The molecule has 0 spiro atoms. The molecule has 3 atom stereocenters. The van der Waals surface area contributed by atoms with Crippen molar-refractivity contribution in [3.63, 3.8) is 0 Å². The molecule has 0 saturated carbocycles. The van der Waals surface area contributed by atoms with Crippen LogP contribution in [0.5, 0.6) is 0 Å². The van der Waals surface area contributed by atoms with Gasteiger partial charge in [0, 0.05) is 6.42 Å². The highest BCUT2D eigenvalue weighted by Crippen LogP contribution is 2.43. The Balaban J connectivity index is 4.36. The lowest BCUT2D eigenvalue weighted by Gasteiger charge is -2.20. The Morgan fingerprint density at radius 1 is 0.689 bits per heavy atom. The summed E-state index contributed by atoms with van der Waals surface area (Å²) in [6, 6.07) is -1.47. The molecule has 0 saturated heterocycles. The minimum absolute atomic E-state index is 0.0624. The zero-order valence-electron chi connectivity index (χ0n) is 28.5. The van der Waals surface area contributed by atoms with Crippen molar-refractivity contribution in [2.75, 3.05) is 19.8 Å². The lowest BCUT2D eigenvalue weighted by molar-refractivity contribution is -0.153. The summed E-state index contributed by atoms with van der Waals surface area (Å²) in [4.78, 5) is 33.2. The van der Waals surface area contributed by atoms with Crippen molar-refractivity contribution in [2.24, 2.45) is 5.73 Å². The number of nitrogens with two attached hydrogens (primary N) is 1. The van der Waals surface area contributed by atoms with Crippen molar-refractivity contribution < 1.29 is 42.7 Å². The molecule has 0 aliphatic heterocycles. The SMILES string of the molecule is CCCCCCCCCCCCCC/C=C\OC[C@H](COP(=O)(O)OC[C@H](N)C(=O)O)OC(=O)CCCCCCCCCCC. The molecule has 11 heteroatoms. The molecule has 0 aliphatic carbocycles. The van der Waals surface area contributed by atoms with Crippen LogP contribution in [0.3, 0.4) is 0 Å². The first-order valence-electron chi connectivity index (χ1n) is 17.8. The van der Waals surface area contributed by atoms with E-state index in [9.17, 15) is 19.0 Å². The van der Waals surface area contributed by atoms with Gasteiger partial charge >= 0.3 is 19.8 Å². The van der Waals surface area contributed by atoms with Crippen LogP contribution in [0.1, 0.15) is 162 Å². The van der Waals surface area contributed by atoms with E-state index < -0.39 is 45.1 Å². The molecule has 10 nitrogen and oxygen atoms in total. The Bertz CT molecular complexity index is 781. The van der Waals surface area contributed by atoms with Crippen LogP contribution in [0.15, 0.2) is 12.3 Å². The summed E-state index contributed by atoms with van der Waals surface area (Å²) in [6.45, 7) is 3.23. The number of esters is 1. The van der Waals surface area contributed by atoms with Crippen molar-refractivity contribution in [3.05, 3.63) is 12.3 Å². The highest BCUT2D eigenvalue weighted by atomic mass is 31.2. The molecule has 4 N–H and O–H groups in total. The van der Waals surface area contributed by atoms with Gasteiger partial charge in [-0.25, -0.2) is 4.57 Å². The summed E-state index contributed by atoms with van der Waals surface area (Å²) in [5, 5.41) is 8.83. The number of allylic oxidation sites excluding steroid dienone is 1. The van der Waals surface area contributed by atoms with Crippen molar-refractivity contribution in [3.8, 4) is 0 Å². The van der Waals surface area contributed by atoms with Gasteiger partial charge < -0.3 is 25.2 Å². The molecule has 0 amide bonds. The molecule has 0 heterocycles.